The van der Waals surface area contributed by atoms with Crippen LogP contribution in [-0.2, 0) is 0 Å². The molecule has 108 valence electrons. The summed E-state index contributed by atoms with van der Waals surface area (Å²) >= 11 is 3.56. The molecule has 0 saturated carbocycles. The summed E-state index contributed by atoms with van der Waals surface area (Å²) in [6.45, 7) is 3.34. The van der Waals surface area contributed by atoms with Crippen LogP contribution in [0.15, 0.2) is 41.3 Å². The third-order valence-corrected chi connectivity index (χ3v) is 4.91. The summed E-state index contributed by atoms with van der Waals surface area (Å²) in [4.78, 5) is 11.3. The Labute approximate surface area is 132 Å². The van der Waals surface area contributed by atoms with Crippen LogP contribution in [0.1, 0.15) is 6.42 Å². The van der Waals surface area contributed by atoms with Crippen LogP contribution < -0.4 is 10.2 Å². The molecule has 2 saturated heterocycles. The number of nitrogens with zero attached hydrogens (tertiary/aromatic N) is 3. The first-order chi connectivity index (χ1) is 10.3. The SMILES string of the molecule is Brc1cnc(-c2cccnc2)c(N2C[C@H]3CCN[C@H]3C2)c1. The maximum Gasteiger partial charge on any atom is 0.0951 e. The molecule has 2 aliphatic heterocycles. The molecule has 2 aromatic heterocycles. The van der Waals surface area contributed by atoms with Crippen molar-refractivity contribution in [2.45, 2.75) is 12.5 Å². The average Bonchev–Trinajstić information content (AvgIpc) is 3.09. The first kappa shape index (κ1) is 13.2. The molecule has 4 heterocycles. The van der Waals surface area contributed by atoms with E-state index in [-0.39, 0.29) is 0 Å². The molecule has 0 aromatic carbocycles. The molecule has 4 rings (SSSR count). The van der Waals surface area contributed by atoms with Gasteiger partial charge in [0.1, 0.15) is 0 Å². The van der Waals surface area contributed by atoms with Crippen molar-refractivity contribution in [3.63, 3.8) is 0 Å². The molecular formula is C16H17BrN4. The number of rotatable bonds is 2. The lowest BCUT2D eigenvalue weighted by Crippen LogP contribution is -2.30. The highest BCUT2D eigenvalue weighted by Crippen LogP contribution is 2.35. The molecule has 0 spiro atoms. The van der Waals surface area contributed by atoms with E-state index in [9.17, 15) is 0 Å². The Hall–Kier alpha value is -1.46. The lowest BCUT2D eigenvalue weighted by molar-refractivity contribution is 0.556. The van der Waals surface area contributed by atoms with Crippen LogP contribution in [-0.4, -0.2) is 35.6 Å². The van der Waals surface area contributed by atoms with E-state index < -0.39 is 0 Å². The minimum absolute atomic E-state index is 0.630. The smallest absolute Gasteiger partial charge is 0.0951 e. The van der Waals surface area contributed by atoms with Crippen molar-refractivity contribution in [1.82, 2.24) is 15.3 Å². The van der Waals surface area contributed by atoms with Crippen LogP contribution in [0.2, 0.25) is 0 Å². The maximum atomic E-state index is 4.64. The molecule has 2 aromatic rings. The molecular weight excluding hydrogens is 328 g/mol. The van der Waals surface area contributed by atoms with Crippen molar-refractivity contribution in [2.75, 3.05) is 24.5 Å². The minimum atomic E-state index is 0.630. The number of pyridine rings is 2. The zero-order valence-electron chi connectivity index (χ0n) is 11.7. The summed E-state index contributed by atoms with van der Waals surface area (Å²) in [6, 6.07) is 6.84. The number of aromatic nitrogens is 2. The van der Waals surface area contributed by atoms with E-state index in [1.54, 1.807) is 6.20 Å². The van der Waals surface area contributed by atoms with Gasteiger partial charge in [0.15, 0.2) is 0 Å². The summed E-state index contributed by atoms with van der Waals surface area (Å²) in [5.74, 6) is 0.769. The highest BCUT2D eigenvalue weighted by atomic mass is 79.9. The molecule has 0 unspecified atom stereocenters. The van der Waals surface area contributed by atoms with E-state index in [1.165, 1.54) is 12.1 Å². The van der Waals surface area contributed by atoms with Gasteiger partial charge in [0, 0.05) is 47.8 Å². The summed E-state index contributed by atoms with van der Waals surface area (Å²) in [6.07, 6.45) is 6.83. The van der Waals surface area contributed by atoms with Crippen LogP contribution in [0.3, 0.4) is 0 Å². The van der Waals surface area contributed by atoms with Crippen LogP contribution in [0.5, 0.6) is 0 Å². The summed E-state index contributed by atoms with van der Waals surface area (Å²) < 4.78 is 1.02. The number of nitrogens with one attached hydrogen (secondary N) is 1. The molecule has 2 aliphatic rings. The molecule has 4 nitrogen and oxygen atoms in total. The largest absolute Gasteiger partial charge is 0.368 e. The normalized spacial score (nSPS) is 24.3. The van der Waals surface area contributed by atoms with Crippen molar-refractivity contribution >= 4 is 21.6 Å². The van der Waals surface area contributed by atoms with Crippen molar-refractivity contribution in [2.24, 2.45) is 5.92 Å². The van der Waals surface area contributed by atoms with Gasteiger partial charge in [-0.15, -0.1) is 0 Å². The zero-order valence-corrected chi connectivity index (χ0v) is 13.3. The van der Waals surface area contributed by atoms with Gasteiger partial charge in [-0.1, -0.05) is 0 Å². The maximum absolute atomic E-state index is 4.64. The van der Waals surface area contributed by atoms with Gasteiger partial charge in [-0.05, 0) is 53.0 Å². The third-order valence-electron chi connectivity index (χ3n) is 4.47. The van der Waals surface area contributed by atoms with Gasteiger partial charge in [-0.2, -0.15) is 0 Å². The monoisotopic (exact) mass is 344 g/mol. The molecule has 0 radical (unpaired) electrons. The highest BCUT2D eigenvalue weighted by molar-refractivity contribution is 9.10. The fourth-order valence-electron chi connectivity index (χ4n) is 3.44. The van der Waals surface area contributed by atoms with Crippen LogP contribution in [0.25, 0.3) is 11.3 Å². The molecule has 2 atom stereocenters. The Balaban J connectivity index is 1.73. The Bertz CT molecular complexity index is 634. The average molecular weight is 345 g/mol. The minimum Gasteiger partial charge on any atom is -0.368 e. The Morgan fingerprint density at radius 1 is 1.29 bits per heavy atom. The number of fused-ring (bicyclic) bond motifs is 1. The van der Waals surface area contributed by atoms with Gasteiger partial charge in [0.25, 0.3) is 0 Å². The summed E-state index contributed by atoms with van der Waals surface area (Å²) in [5.41, 5.74) is 3.30. The lowest BCUT2D eigenvalue weighted by Gasteiger charge is -2.22. The first-order valence-electron chi connectivity index (χ1n) is 7.35. The standard InChI is InChI=1S/C16H17BrN4/c17-13-6-15(21-9-12-3-5-19-14(12)10-21)16(20-8-13)11-2-1-4-18-7-11/h1-2,4,6-8,12,14,19H,3,5,9-10H2/t12-,14+/m1/s1. The van der Waals surface area contributed by atoms with Crippen molar-refractivity contribution in [1.29, 1.82) is 0 Å². The predicted molar refractivity (Wildman–Crippen MR) is 87.3 cm³/mol. The number of hydrogen-bond donors (Lipinski definition) is 1. The predicted octanol–water partition coefficient (Wildman–Crippen LogP) is 2.70. The molecule has 21 heavy (non-hydrogen) atoms. The molecule has 5 heteroatoms. The summed E-state index contributed by atoms with van der Waals surface area (Å²) in [5, 5.41) is 3.61. The number of anilines is 1. The number of hydrogen-bond acceptors (Lipinski definition) is 4. The van der Waals surface area contributed by atoms with E-state index in [0.717, 1.165) is 41.3 Å². The number of halogens is 1. The van der Waals surface area contributed by atoms with Gasteiger partial charge in [0.05, 0.1) is 11.4 Å². The van der Waals surface area contributed by atoms with Crippen LogP contribution in [0.4, 0.5) is 5.69 Å². The Kier molecular flexibility index (Phi) is 3.39. The van der Waals surface area contributed by atoms with Gasteiger partial charge in [-0.25, -0.2) is 0 Å². The second-order valence-corrected chi connectivity index (χ2v) is 6.69. The van der Waals surface area contributed by atoms with Gasteiger partial charge in [-0.3, -0.25) is 9.97 Å². The first-order valence-corrected chi connectivity index (χ1v) is 8.15. The topological polar surface area (TPSA) is 41.1 Å². The van der Waals surface area contributed by atoms with Crippen molar-refractivity contribution in [3.05, 3.63) is 41.3 Å². The van der Waals surface area contributed by atoms with Gasteiger partial charge in [0.2, 0.25) is 0 Å². The van der Waals surface area contributed by atoms with Crippen molar-refractivity contribution in [3.8, 4) is 11.3 Å². The van der Waals surface area contributed by atoms with Gasteiger partial charge < -0.3 is 10.2 Å². The second-order valence-electron chi connectivity index (χ2n) is 5.78. The van der Waals surface area contributed by atoms with Gasteiger partial charge >= 0.3 is 0 Å². The molecule has 1 N–H and O–H groups in total. The van der Waals surface area contributed by atoms with E-state index >= 15 is 0 Å². The second kappa shape index (κ2) is 5.39. The molecule has 0 amide bonds. The molecule has 0 bridgehead atoms. The van der Waals surface area contributed by atoms with Crippen molar-refractivity contribution < 1.29 is 0 Å². The van der Waals surface area contributed by atoms with E-state index in [4.69, 9.17) is 0 Å². The highest BCUT2D eigenvalue weighted by Gasteiger charge is 2.36. The van der Waals surface area contributed by atoms with Crippen LogP contribution in [0, 0.1) is 5.92 Å². The van der Waals surface area contributed by atoms with Crippen LogP contribution >= 0.6 is 15.9 Å². The quantitative estimate of drug-likeness (QED) is 0.909. The lowest BCUT2D eigenvalue weighted by atomic mass is 10.1. The Morgan fingerprint density at radius 2 is 2.24 bits per heavy atom. The van der Waals surface area contributed by atoms with E-state index in [0.29, 0.717) is 6.04 Å². The Morgan fingerprint density at radius 3 is 3.05 bits per heavy atom. The van der Waals surface area contributed by atoms with E-state index in [1.807, 2.05) is 18.5 Å². The molecule has 2 fully saturated rings. The third kappa shape index (κ3) is 2.45. The fraction of sp³-hybridized carbons (Fsp3) is 0.375. The summed E-state index contributed by atoms with van der Waals surface area (Å²) in [7, 11) is 0. The zero-order chi connectivity index (χ0) is 14.2. The van der Waals surface area contributed by atoms with E-state index in [2.05, 4.69) is 48.2 Å². The fourth-order valence-corrected chi connectivity index (χ4v) is 3.76. The molecule has 0 aliphatic carbocycles.